The van der Waals surface area contributed by atoms with Crippen molar-refractivity contribution in [3.8, 4) is 0 Å². The zero-order chi connectivity index (χ0) is 11.7. The van der Waals surface area contributed by atoms with Gasteiger partial charge in [0, 0.05) is 19.4 Å². The second-order valence-corrected chi connectivity index (χ2v) is 5.86. The molecule has 6 heteroatoms. The van der Waals surface area contributed by atoms with Crippen molar-refractivity contribution in [2.45, 2.75) is 19.4 Å². The Morgan fingerprint density at radius 3 is 2.60 bits per heavy atom. The molecule has 0 bridgehead atoms. The highest BCUT2D eigenvalue weighted by molar-refractivity contribution is 7.91. The number of sulfone groups is 1. The first-order valence-electron chi connectivity index (χ1n) is 5.10. The molecule has 0 heterocycles. The Morgan fingerprint density at radius 2 is 2.07 bits per heavy atom. The maximum atomic E-state index is 11.1. The van der Waals surface area contributed by atoms with Crippen LogP contribution in [0.3, 0.4) is 0 Å². The van der Waals surface area contributed by atoms with Crippen molar-refractivity contribution in [1.82, 2.24) is 5.32 Å². The Balaban J connectivity index is 3.40. The van der Waals surface area contributed by atoms with Crippen LogP contribution in [0.1, 0.15) is 13.3 Å². The molecule has 0 radical (unpaired) electrons. The molecule has 5 nitrogen and oxygen atoms in total. The maximum Gasteiger partial charge on any atom is 0.151 e. The minimum absolute atomic E-state index is 0.157. The van der Waals surface area contributed by atoms with E-state index in [4.69, 9.17) is 4.74 Å². The van der Waals surface area contributed by atoms with Crippen molar-refractivity contribution in [2.24, 2.45) is 0 Å². The fourth-order valence-corrected chi connectivity index (χ4v) is 1.79. The summed E-state index contributed by atoms with van der Waals surface area (Å²) in [5.41, 5.74) is 0. The molecule has 0 spiro atoms. The molecule has 0 rings (SSSR count). The lowest BCUT2D eigenvalue weighted by molar-refractivity contribution is 0.0595. The van der Waals surface area contributed by atoms with Crippen molar-refractivity contribution >= 4 is 9.84 Å². The van der Waals surface area contributed by atoms with Crippen molar-refractivity contribution in [1.29, 1.82) is 0 Å². The molecule has 0 aromatic heterocycles. The van der Waals surface area contributed by atoms with E-state index in [9.17, 15) is 13.5 Å². The van der Waals surface area contributed by atoms with Crippen LogP contribution in [-0.4, -0.2) is 57.9 Å². The molecule has 0 saturated carbocycles. The van der Waals surface area contributed by atoms with Gasteiger partial charge in [-0.3, -0.25) is 0 Å². The highest BCUT2D eigenvalue weighted by Gasteiger charge is 2.06. The minimum atomic E-state index is -2.88. The predicted octanol–water partition coefficient (Wildman–Crippen LogP) is -0.592. The second-order valence-electron chi connectivity index (χ2n) is 3.38. The van der Waals surface area contributed by atoms with Crippen LogP contribution in [0.15, 0.2) is 0 Å². The van der Waals surface area contributed by atoms with Crippen molar-refractivity contribution in [2.75, 3.05) is 38.3 Å². The number of aliphatic hydroxyl groups excluding tert-OH is 1. The first kappa shape index (κ1) is 14.8. The van der Waals surface area contributed by atoms with Crippen molar-refractivity contribution in [3.63, 3.8) is 0 Å². The van der Waals surface area contributed by atoms with Gasteiger partial charge in [0.2, 0.25) is 0 Å². The maximum absolute atomic E-state index is 11.1. The second kappa shape index (κ2) is 8.04. The average molecular weight is 239 g/mol. The topological polar surface area (TPSA) is 75.6 Å². The van der Waals surface area contributed by atoms with E-state index in [1.165, 1.54) is 7.11 Å². The molecule has 0 aromatic carbocycles. The molecule has 2 N–H and O–H groups in total. The molecule has 15 heavy (non-hydrogen) atoms. The summed E-state index contributed by atoms with van der Waals surface area (Å²) < 4.78 is 26.9. The standard InChI is InChI=1S/C9H21NO4S/c1-3-15(12,13)7-6-10-5-4-9(11)8-14-2/h9-11H,3-8H2,1-2H3. The van der Waals surface area contributed by atoms with E-state index in [0.717, 1.165) is 0 Å². The molecule has 0 amide bonds. The molecule has 0 aliphatic heterocycles. The molecule has 92 valence electrons. The van der Waals surface area contributed by atoms with Gasteiger partial charge in [-0.25, -0.2) is 8.42 Å². The summed E-state index contributed by atoms with van der Waals surface area (Å²) in [5.74, 6) is 0.338. The Bertz CT molecular complexity index is 240. The van der Waals surface area contributed by atoms with Gasteiger partial charge < -0.3 is 15.2 Å². The lowest BCUT2D eigenvalue weighted by Gasteiger charge is -2.09. The highest BCUT2D eigenvalue weighted by Crippen LogP contribution is 1.91. The van der Waals surface area contributed by atoms with Crippen LogP contribution in [0.5, 0.6) is 0 Å². The number of hydrogen-bond donors (Lipinski definition) is 2. The van der Waals surface area contributed by atoms with E-state index in [2.05, 4.69) is 5.32 Å². The molecule has 1 atom stereocenters. The summed E-state index contributed by atoms with van der Waals surface area (Å²) >= 11 is 0. The smallest absolute Gasteiger partial charge is 0.151 e. The Hall–Kier alpha value is -0.170. The fourth-order valence-electron chi connectivity index (χ4n) is 1.04. The van der Waals surface area contributed by atoms with Gasteiger partial charge in [-0.15, -0.1) is 0 Å². The molecule has 0 fully saturated rings. The van der Waals surface area contributed by atoms with E-state index in [1.807, 2.05) is 0 Å². The third kappa shape index (κ3) is 8.80. The Labute approximate surface area is 91.7 Å². The third-order valence-corrected chi connectivity index (χ3v) is 3.75. The van der Waals surface area contributed by atoms with Crippen LogP contribution in [0.25, 0.3) is 0 Å². The Morgan fingerprint density at radius 1 is 1.40 bits per heavy atom. The summed E-state index contributed by atoms with van der Waals surface area (Å²) in [7, 11) is -1.35. The molecular weight excluding hydrogens is 218 g/mol. The van der Waals surface area contributed by atoms with Gasteiger partial charge in [-0.2, -0.15) is 0 Å². The summed E-state index contributed by atoms with van der Waals surface area (Å²) in [5, 5.41) is 12.2. The molecule has 0 aliphatic rings. The first-order chi connectivity index (χ1) is 7.02. The monoisotopic (exact) mass is 239 g/mol. The molecular formula is C9H21NO4S. The van der Waals surface area contributed by atoms with Crippen LogP contribution in [0.2, 0.25) is 0 Å². The number of methoxy groups -OCH3 is 1. The van der Waals surface area contributed by atoms with Crippen molar-refractivity contribution < 1.29 is 18.3 Å². The number of hydrogen-bond acceptors (Lipinski definition) is 5. The van der Waals surface area contributed by atoms with E-state index in [1.54, 1.807) is 6.92 Å². The van der Waals surface area contributed by atoms with Gasteiger partial charge in [0.05, 0.1) is 18.5 Å². The molecule has 0 aliphatic carbocycles. The summed E-state index contributed by atoms with van der Waals surface area (Å²) in [6.45, 7) is 2.99. The van der Waals surface area contributed by atoms with Gasteiger partial charge in [0.25, 0.3) is 0 Å². The van der Waals surface area contributed by atoms with E-state index in [0.29, 0.717) is 26.1 Å². The third-order valence-electron chi connectivity index (χ3n) is 2.04. The largest absolute Gasteiger partial charge is 0.391 e. The van der Waals surface area contributed by atoms with Crippen LogP contribution < -0.4 is 5.32 Å². The van der Waals surface area contributed by atoms with E-state index in [-0.39, 0.29) is 11.5 Å². The normalized spacial score (nSPS) is 14.1. The zero-order valence-electron chi connectivity index (χ0n) is 9.40. The van der Waals surface area contributed by atoms with Crippen LogP contribution in [0, 0.1) is 0 Å². The van der Waals surface area contributed by atoms with E-state index >= 15 is 0 Å². The summed E-state index contributed by atoms with van der Waals surface area (Å²) in [6, 6.07) is 0. The SMILES string of the molecule is CCS(=O)(=O)CCNCCC(O)COC. The van der Waals surface area contributed by atoms with Gasteiger partial charge in [-0.05, 0) is 13.0 Å². The first-order valence-corrected chi connectivity index (χ1v) is 6.92. The quantitative estimate of drug-likeness (QED) is 0.526. The van der Waals surface area contributed by atoms with Gasteiger partial charge in [0.15, 0.2) is 9.84 Å². The van der Waals surface area contributed by atoms with Crippen LogP contribution >= 0.6 is 0 Å². The summed E-state index contributed by atoms with van der Waals surface area (Å²) in [6.07, 6.45) is 0.0882. The lowest BCUT2D eigenvalue weighted by Crippen LogP contribution is -2.28. The van der Waals surface area contributed by atoms with Gasteiger partial charge >= 0.3 is 0 Å². The van der Waals surface area contributed by atoms with Gasteiger partial charge in [0.1, 0.15) is 0 Å². The number of rotatable bonds is 9. The average Bonchev–Trinajstić information content (AvgIpc) is 2.17. The number of nitrogens with one attached hydrogen (secondary N) is 1. The summed E-state index contributed by atoms with van der Waals surface area (Å²) in [4.78, 5) is 0. The minimum Gasteiger partial charge on any atom is -0.391 e. The molecule has 1 unspecified atom stereocenters. The highest BCUT2D eigenvalue weighted by atomic mass is 32.2. The van der Waals surface area contributed by atoms with Crippen LogP contribution in [-0.2, 0) is 14.6 Å². The zero-order valence-corrected chi connectivity index (χ0v) is 10.2. The lowest BCUT2D eigenvalue weighted by atomic mass is 10.3. The molecule has 0 saturated heterocycles. The van der Waals surface area contributed by atoms with E-state index < -0.39 is 15.9 Å². The van der Waals surface area contributed by atoms with Crippen molar-refractivity contribution in [3.05, 3.63) is 0 Å². The molecule has 0 aromatic rings. The predicted molar refractivity (Wildman–Crippen MR) is 59.7 cm³/mol. The number of aliphatic hydroxyl groups is 1. The number of ether oxygens (including phenoxy) is 1. The Kier molecular flexibility index (Phi) is 7.95. The van der Waals surface area contributed by atoms with Gasteiger partial charge in [-0.1, -0.05) is 6.92 Å². The van der Waals surface area contributed by atoms with Crippen LogP contribution in [0.4, 0.5) is 0 Å². The fraction of sp³-hybridized carbons (Fsp3) is 1.00.